The third-order valence-corrected chi connectivity index (χ3v) is 4.97. The highest BCUT2D eigenvalue weighted by atomic mass is 35.5. The Morgan fingerprint density at radius 1 is 1.23 bits per heavy atom. The van der Waals surface area contributed by atoms with Crippen LogP contribution in [-0.2, 0) is 13.2 Å². The molecule has 0 fully saturated rings. The van der Waals surface area contributed by atoms with Crippen molar-refractivity contribution >= 4 is 23.1 Å². The van der Waals surface area contributed by atoms with Crippen molar-refractivity contribution in [2.45, 2.75) is 20.1 Å². The number of halogens is 1. The van der Waals surface area contributed by atoms with Gasteiger partial charge in [-0.3, -0.25) is 19.5 Å². The fourth-order valence-corrected chi connectivity index (χ4v) is 3.51. The van der Waals surface area contributed by atoms with Gasteiger partial charge in [-0.05, 0) is 39.2 Å². The fourth-order valence-electron chi connectivity index (χ4n) is 3.29. The standard InChI is InChI=1S/C21H21ClN4O4/c1-13-19(12-27)25(20(23-13)11-24(2)3)18-9-8-14(26(29)30)10-16(18)21(28)15-6-4-5-7-17(15)22/h4-10,27H,11-12H2,1-3H3. The molecule has 1 aromatic heterocycles. The second-order valence-electron chi connectivity index (χ2n) is 7.06. The maximum Gasteiger partial charge on any atom is 0.270 e. The number of hydrogen-bond acceptors (Lipinski definition) is 6. The Morgan fingerprint density at radius 2 is 1.93 bits per heavy atom. The van der Waals surface area contributed by atoms with Crippen molar-refractivity contribution in [2.24, 2.45) is 0 Å². The number of aryl methyl sites for hydroxylation is 1. The van der Waals surface area contributed by atoms with E-state index in [0.717, 1.165) is 0 Å². The molecule has 1 heterocycles. The van der Waals surface area contributed by atoms with Crippen molar-refractivity contribution in [1.29, 1.82) is 0 Å². The number of nitrogens with zero attached hydrogens (tertiary/aromatic N) is 4. The summed E-state index contributed by atoms with van der Waals surface area (Å²) in [5.41, 5.74) is 1.64. The minimum atomic E-state index is -0.556. The van der Waals surface area contributed by atoms with Gasteiger partial charge in [-0.15, -0.1) is 0 Å². The summed E-state index contributed by atoms with van der Waals surface area (Å²) >= 11 is 6.21. The van der Waals surface area contributed by atoms with Crippen LogP contribution in [0.4, 0.5) is 5.69 Å². The van der Waals surface area contributed by atoms with E-state index in [1.54, 1.807) is 35.8 Å². The number of aliphatic hydroxyl groups excluding tert-OH is 1. The zero-order valence-electron chi connectivity index (χ0n) is 16.8. The van der Waals surface area contributed by atoms with E-state index in [2.05, 4.69) is 4.98 Å². The van der Waals surface area contributed by atoms with Gasteiger partial charge in [-0.1, -0.05) is 23.7 Å². The Morgan fingerprint density at radius 3 is 2.53 bits per heavy atom. The predicted octanol–water partition coefficient (Wildman–Crippen LogP) is 3.53. The normalized spacial score (nSPS) is 11.1. The summed E-state index contributed by atoms with van der Waals surface area (Å²) in [5, 5.41) is 21.6. The van der Waals surface area contributed by atoms with Crippen molar-refractivity contribution in [3.8, 4) is 5.69 Å². The van der Waals surface area contributed by atoms with Crippen molar-refractivity contribution in [3.63, 3.8) is 0 Å². The van der Waals surface area contributed by atoms with E-state index in [1.807, 2.05) is 19.0 Å². The third-order valence-electron chi connectivity index (χ3n) is 4.64. The Bertz CT molecular complexity index is 1120. The highest BCUT2D eigenvalue weighted by Crippen LogP contribution is 2.29. The number of hydrogen-bond donors (Lipinski definition) is 1. The summed E-state index contributed by atoms with van der Waals surface area (Å²) in [6, 6.07) is 10.6. The molecule has 30 heavy (non-hydrogen) atoms. The largest absolute Gasteiger partial charge is 0.390 e. The lowest BCUT2D eigenvalue weighted by molar-refractivity contribution is -0.384. The first kappa shape index (κ1) is 21.6. The van der Waals surface area contributed by atoms with Crippen LogP contribution in [0, 0.1) is 17.0 Å². The number of aromatic nitrogens is 2. The number of carbonyl (C=O) groups is 1. The zero-order valence-corrected chi connectivity index (χ0v) is 17.6. The van der Waals surface area contributed by atoms with Gasteiger partial charge >= 0.3 is 0 Å². The van der Waals surface area contributed by atoms with Crippen molar-refractivity contribution in [1.82, 2.24) is 14.5 Å². The Kier molecular flexibility index (Phi) is 6.31. The van der Waals surface area contributed by atoms with Gasteiger partial charge in [0, 0.05) is 17.7 Å². The highest BCUT2D eigenvalue weighted by Gasteiger charge is 2.25. The third kappa shape index (κ3) is 4.11. The van der Waals surface area contributed by atoms with E-state index in [1.165, 1.54) is 18.2 Å². The molecular formula is C21H21ClN4O4. The van der Waals surface area contributed by atoms with Gasteiger partial charge in [-0.25, -0.2) is 4.98 Å². The van der Waals surface area contributed by atoms with Crippen LogP contribution in [0.5, 0.6) is 0 Å². The predicted molar refractivity (Wildman–Crippen MR) is 113 cm³/mol. The van der Waals surface area contributed by atoms with Crippen molar-refractivity contribution < 1.29 is 14.8 Å². The minimum Gasteiger partial charge on any atom is -0.390 e. The first-order chi connectivity index (χ1) is 14.2. The van der Waals surface area contributed by atoms with Gasteiger partial charge in [-0.2, -0.15) is 0 Å². The van der Waals surface area contributed by atoms with Crippen LogP contribution in [0.2, 0.25) is 5.02 Å². The number of rotatable bonds is 7. The van der Waals surface area contributed by atoms with Crippen LogP contribution >= 0.6 is 11.6 Å². The lowest BCUT2D eigenvalue weighted by Gasteiger charge is -2.17. The van der Waals surface area contributed by atoms with E-state index in [9.17, 15) is 20.0 Å². The van der Waals surface area contributed by atoms with Gasteiger partial charge in [0.1, 0.15) is 5.82 Å². The van der Waals surface area contributed by atoms with Gasteiger partial charge in [0.25, 0.3) is 5.69 Å². The summed E-state index contributed by atoms with van der Waals surface area (Å²) in [7, 11) is 3.75. The number of non-ortho nitro benzene ring substituents is 1. The van der Waals surface area contributed by atoms with Crippen LogP contribution in [-0.4, -0.2) is 44.4 Å². The molecule has 0 aliphatic carbocycles. The molecule has 0 amide bonds. The van der Waals surface area contributed by atoms with Crippen molar-refractivity contribution in [3.05, 3.63) is 85.9 Å². The number of aliphatic hydroxyl groups is 1. The topological polar surface area (TPSA) is 102 Å². The molecule has 0 saturated heterocycles. The molecule has 3 aromatic rings. The van der Waals surface area contributed by atoms with Gasteiger partial charge in [0.2, 0.25) is 0 Å². The monoisotopic (exact) mass is 428 g/mol. The van der Waals surface area contributed by atoms with Crippen molar-refractivity contribution in [2.75, 3.05) is 14.1 Å². The van der Waals surface area contributed by atoms with E-state index in [0.29, 0.717) is 29.4 Å². The number of ketones is 1. The van der Waals surface area contributed by atoms with Crippen LogP contribution in [0.25, 0.3) is 5.69 Å². The number of benzene rings is 2. The molecule has 2 aromatic carbocycles. The first-order valence-corrected chi connectivity index (χ1v) is 9.53. The molecule has 0 radical (unpaired) electrons. The van der Waals surface area contributed by atoms with Crippen LogP contribution < -0.4 is 0 Å². The molecule has 0 aliphatic rings. The van der Waals surface area contributed by atoms with Gasteiger partial charge in [0.15, 0.2) is 5.78 Å². The minimum absolute atomic E-state index is 0.101. The van der Waals surface area contributed by atoms with E-state index in [4.69, 9.17) is 11.6 Å². The van der Waals surface area contributed by atoms with E-state index < -0.39 is 10.7 Å². The van der Waals surface area contributed by atoms with Crippen LogP contribution in [0.15, 0.2) is 42.5 Å². The fraction of sp³-hybridized carbons (Fsp3) is 0.238. The number of carbonyl (C=O) groups excluding carboxylic acids is 1. The summed E-state index contributed by atoms with van der Waals surface area (Å²) in [6.07, 6.45) is 0. The zero-order chi connectivity index (χ0) is 22.0. The second kappa shape index (κ2) is 8.74. The molecule has 3 rings (SSSR count). The maximum atomic E-state index is 13.4. The molecule has 0 saturated carbocycles. The average Bonchev–Trinajstić information content (AvgIpc) is 3.01. The summed E-state index contributed by atoms with van der Waals surface area (Å²) < 4.78 is 1.68. The molecule has 156 valence electrons. The van der Waals surface area contributed by atoms with Gasteiger partial charge in [0.05, 0.1) is 45.7 Å². The molecule has 0 spiro atoms. The van der Waals surface area contributed by atoms with E-state index >= 15 is 0 Å². The molecule has 0 atom stereocenters. The number of imidazole rings is 1. The lowest BCUT2D eigenvalue weighted by Crippen LogP contribution is -2.18. The smallest absolute Gasteiger partial charge is 0.270 e. The number of nitro benzene ring substituents is 1. The van der Waals surface area contributed by atoms with Gasteiger partial charge < -0.3 is 10.0 Å². The van der Waals surface area contributed by atoms with E-state index in [-0.39, 0.29) is 28.4 Å². The molecule has 1 N–H and O–H groups in total. The summed E-state index contributed by atoms with van der Waals surface area (Å²) in [5.74, 6) is 0.147. The Balaban J connectivity index is 2.30. The second-order valence-corrected chi connectivity index (χ2v) is 7.47. The number of nitro groups is 1. The Hall–Kier alpha value is -3.07. The van der Waals surface area contributed by atoms with Crippen LogP contribution in [0.1, 0.15) is 33.1 Å². The summed E-state index contributed by atoms with van der Waals surface area (Å²) in [4.78, 5) is 30.6. The molecule has 9 heteroatoms. The summed E-state index contributed by atoms with van der Waals surface area (Å²) in [6.45, 7) is 1.91. The molecule has 0 aliphatic heterocycles. The Labute approximate surface area is 178 Å². The quantitative estimate of drug-likeness (QED) is 0.351. The maximum absolute atomic E-state index is 13.4. The first-order valence-electron chi connectivity index (χ1n) is 9.15. The molecule has 8 nitrogen and oxygen atoms in total. The average molecular weight is 429 g/mol. The molecule has 0 bridgehead atoms. The molecule has 0 unspecified atom stereocenters. The highest BCUT2D eigenvalue weighted by molar-refractivity contribution is 6.35. The van der Waals surface area contributed by atoms with Crippen LogP contribution in [0.3, 0.4) is 0 Å². The SMILES string of the molecule is Cc1nc(CN(C)C)n(-c2ccc([N+](=O)[O-])cc2C(=O)c2ccccc2Cl)c1CO. The lowest BCUT2D eigenvalue weighted by atomic mass is 10.0. The molecular weight excluding hydrogens is 408 g/mol.